The summed E-state index contributed by atoms with van der Waals surface area (Å²) in [6.45, 7) is 0. The Labute approximate surface area is 220 Å². The van der Waals surface area contributed by atoms with Crippen molar-refractivity contribution in [1.29, 1.82) is 0 Å². The highest BCUT2D eigenvalue weighted by atomic mass is 17.2. The van der Waals surface area contributed by atoms with Gasteiger partial charge in [0.1, 0.15) is 12.2 Å². The number of carbonyl (C=O) groups is 2. The van der Waals surface area contributed by atoms with Crippen LogP contribution in [0.25, 0.3) is 0 Å². The maximum absolute atomic E-state index is 12.7. The molecule has 0 amide bonds. The van der Waals surface area contributed by atoms with Crippen molar-refractivity contribution in [2.75, 3.05) is 42.7 Å². The van der Waals surface area contributed by atoms with Crippen LogP contribution in [0.5, 0.6) is 34.5 Å². The van der Waals surface area contributed by atoms with Crippen LogP contribution < -0.4 is 28.4 Å². The van der Waals surface area contributed by atoms with Gasteiger partial charge in [0.15, 0.2) is 23.0 Å². The number of hydrogen-bond donors (Lipinski definition) is 0. The lowest BCUT2D eigenvalue weighted by Gasteiger charge is -2.28. The third kappa shape index (κ3) is 6.50. The van der Waals surface area contributed by atoms with Crippen LogP contribution in [0.3, 0.4) is 0 Å². The second kappa shape index (κ2) is 13.6. The summed E-state index contributed by atoms with van der Waals surface area (Å²) in [4.78, 5) is 46.4. The fourth-order valence-electron chi connectivity index (χ4n) is 3.99. The molecule has 208 valence electrons. The second-order valence-electron chi connectivity index (χ2n) is 8.12. The Kier molecular flexibility index (Phi) is 10.3. The van der Waals surface area contributed by atoms with Gasteiger partial charge < -0.3 is 28.4 Å². The summed E-state index contributed by atoms with van der Waals surface area (Å²) >= 11 is 0. The van der Waals surface area contributed by atoms with Gasteiger partial charge in [-0.1, -0.05) is 12.8 Å². The summed E-state index contributed by atoms with van der Waals surface area (Å²) in [6.07, 6.45) is 1.34. The Morgan fingerprint density at radius 1 is 0.553 bits per heavy atom. The normalized spacial score (nSPS) is 16.7. The molecule has 0 aliphatic heterocycles. The van der Waals surface area contributed by atoms with E-state index >= 15 is 0 Å². The minimum absolute atomic E-state index is 0.126. The van der Waals surface area contributed by atoms with Crippen molar-refractivity contribution >= 4 is 11.9 Å². The van der Waals surface area contributed by atoms with E-state index in [4.69, 9.17) is 48.0 Å². The van der Waals surface area contributed by atoms with Crippen molar-refractivity contribution in [2.45, 2.75) is 37.9 Å². The van der Waals surface area contributed by atoms with Gasteiger partial charge in [0, 0.05) is 0 Å². The Morgan fingerprint density at radius 2 is 0.868 bits per heavy atom. The van der Waals surface area contributed by atoms with E-state index in [0.717, 1.165) is 12.8 Å². The van der Waals surface area contributed by atoms with E-state index in [9.17, 15) is 9.59 Å². The minimum Gasteiger partial charge on any atom is -0.493 e. The predicted molar refractivity (Wildman–Crippen MR) is 131 cm³/mol. The standard InChI is InChI=1S/C26H32O12/c1-29-19-11-15(12-20(30-2)23(19)33-5)25(27)37-35-17-9-7-8-10-18(17)36-38-26(28)16-13-21(31-3)24(34-6)22(14-16)32-4/h11-14,17-18H,7-10H2,1-6H3. The van der Waals surface area contributed by atoms with Crippen LogP contribution in [-0.2, 0) is 19.6 Å². The molecular formula is C26H32O12. The van der Waals surface area contributed by atoms with Gasteiger partial charge in [-0.2, -0.15) is 9.78 Å². The van der Waals surface area contributed by atoms with Gasteiger partial charge in [-0.15, -0.1) is 0 Å². The lowest BCUT2D eigenvalue weighted by atomic mass is 9.95. The molecule has 0 bridgehead atoms. The van der Waals surface area contributed by atoms with E-state index in [0.29, 0.717) is 24.3 Å². The second-order valence-corrected chi connectivity index (χ2v) is 8.12. The number of carbonyl (C=O) groups excluding carboxylic acids is 2. The first-order valence-electron chi connectivity index (χ1n) is 11.8. The van der Waals surface area contributed by atoms with E-state index < -0.39 is 24.1 Å². The first kappa shape index (κ1) is 28.7. The molecule has 0 spiro atoms. The van der Waals surface area contributed by atoms with Gasteiger partial charge in [-0.25, -0.2) is 9.59 Å². The van der Waals surface area contributed by atoms with Crippen molar-refractivity contribution in [3.63, 3.8) is 0 Å². The molecule has 0 N–H and O–H groups in total. The molecule has 0 heterocycles. The fourth-order valence-corrected chi connectivity index (χ4v) is 3.99. The SMILES string of the molecule is COc1cc(C(=O)OOC2CCCCC2OOC(=O)c2cc(OC)c(OC)c(OC)c2)cc(OC)c1OC. The first-order valence-corrected chi connectivity index (χ1v) is 11.8. The number of rotatable bonds is 12. The van der Waals surface area contributed by atoms with E-state index in [1.807, 2.05) is 0 Å². The molecule has 1 saturated carbocycles. The predicted octanol–water partition coefficient (Wildman–Crippen LogP) is 3.93. The van der Waals surface area contributed by atoms with Crippen LogP contribution in [0.15, 0.2) is 24.3 Å². The van der Waals surface area contributed by atoms with Crippen LogP contribution in [-0.4, -0.2) is 66.8 Å². The number of ether oxygens (including phenoxy) is 6. The molecule has 1 fully saturated rings. The first-order chi connectivity index (χ1) is 18.4. The highest BCUT2D eigenvalue weighted by Gasteiger charge is 2.32. The molecule has 2 aromatic carbocycles. The van der Waals surface area contributed by atoms with Crippen molar-refractivity contribution < 1.29 is 57.6 Å². The van der Waals surface area contributed by atoms with Crippen LogP contribution in [0.1, 0.15) is 46.4 Å². The molecule has 2 unspecified atom stereocenters. The molecule has 2 atom stereocenters. The zero-order chi connectivity index (χ0) is 27.7. The van der Waals surface area contributed by atoms with Crippen LogP contribution >= 0.6 is 0 Å². The van der Waals surface area contributed by atoms with Gasteiger partial charge in [-0.05, 0) is 37.1 Å². The molecule has 12 nitrogen and oxygen atoms in total. The molecule has 1 aliphatic rings. The van der Waals surface area contributed by atoms with Crippen LogP contribution in [0.4, 0.5) is 0 Å². The maximum atomic E-state index is 12.7. The Hall–Kier alpha value is -3.90. The average molecular weight is 537 g/mol. The van der Waals surface area contributed by atoms with Gasteiger partial charge in [0.05, 0.1) is 53.8 Å². The Bertz CT molecular complexity index is 978. The topological polar surface area (TPSA) is 126 Å². The Balaban J connectivity index is 1.65. The largest absolute Gasteiger partial charge is 0.493 e. The maximum Gasteiger partial charge on any atom is 0.373 e. The van der Waals surface area contributed by atoms with E-state index in [1.165, 1.54) is 66.9 Å². The van der Waals surface area contributed by atoms with E-state index in [2.05, 4.69) is 0 Å². The zero-order valence-corrected chi connectivity index (χ0v) is 22.2. The molecule has 0 saturated heterocycles. The number of benzene rings is 2. The van der Waals surface area contributed by atoms with Gasteiger partial charge in [-0.3, -0.25) is 9.78 Å². The van der Waals surface area contributed by atoms with Crippen LogP contribution in [0.2, 0.25) is 0 Å². The zero-order valence-electron chi connectivity index (χ0n) is 22.2. The lowest BCUT2D eigenvalue weighted by molar-refractivity contribution is -0.352. The summed E-state index contributed by atoms with van der Waals surface area (Å²) in [6, 6.07) is 5.78. The fraction of sp³-hybridized carbons (Fsp3) is 0.462. The van der Waals surface area contributed by atoms with Gasteiger partial charge in [0.25, 0.3) is 0 Å². The molecular weight excluding hydrogens is 504 g/mol. The average Bonchev–Trinajstić information content (AvgIpc) is 2.97. The van der Waals surface area contributed by atoms with Crippen molar-refractivity contribution in [1.82, 2.24) is 0 Å². The number of hydrogen-bond acceptors (Lipinski definition) is 12. The highest BCUT2D eigenvalue weighted by Crippen LogP contribution is 2.39. The molecule has 0 radical (unpaired) electrons. The minimum atomic E-state index is -0.775. The van der Waals surface area contributed by atoms with Crippen molar-refractivity contribution in [3.05, 3.63) is 35.4 Å². The van der Waals surface area contributed by atoms with Crippen molar-refractivity contribution in [2.24, 2.45) is 0 Å². The monoisotopic (exact) mass is 536 g/mol. The van der Waals surface area contributed by atoms with E-state index in [1.54, 1.807) is 0 Å². The molecule has 2 aromatic rings. The van der Waals surface area contributed by atoms with Gasteiger partial charge in [0.2, 0.25) is 11.5 Å². The molecule has 3 rings (SSSR count). The smallest absolute Gasteiger partial charge is 0.373 e. The van der Waals surface area contributed by atoms with Crippen LogP contribution in [0, 0.1) is 0 Å². The summed E-state index contributed by atoms with van der Waals surface area (Å²) < 4.78 is 31.6. The quantitative estimate of drug-likeness (QED) is 0.288. The number of methoxy groups -OCH3 is 6. The summed E-state index contributed by atoms with van der Waals surface area (Å²) in [5.41, 5.74) is 0.253. The summed E-state index contributed by atoms with van der Waals surface area (Å²) in [7, 11) is 8.66. The van der Waals surface area contributed by atoms with Crippen molar-refractivity contribution in [3.8, 4) is 34.5 Å². The van der Waals surface area contributed by atoms with Gasteiger partial charge >= 0.3 is 11.9 Å². The third-order valence-electron chi connectivity index (χ3n) is 5.94. The summed E-state index contributed by atoms with van der Waals surface area (Å²) in [5, 5.41) is 0. The molecule has 38 heavy (non-hydrogen) atoms. The Morgan fingerprint density at radius 3 is 1.13 bits per heavy atom. The summed E-state index contributed by atoms with van der Waals surface area (Å²) in [5.74, 6) is 0.274. The molecule has 0 aromatic heterocycles. The lowest BCUT2D eigenvalue weighted by Crippen LogP contribution is -2.36. The molecule has 1 aliphatic carbocycles. The molecule has 12 heteroatoms. The van der Waals surface area contributed by atoms with E-state index in [-0.39, 0.29) is 34.1 Å². The third-order valence-corrected chi connectivity index (χ3v) is 5.94. The highest BCUT2D eigenvalue weighted by molar-refractivity contribution is 5.91.